The van der Waals surface area contributed by atoms with Crippen molar-refractivity contribution in [3.8, 4) is 0 Å². The van der Waals surface area contributed by atoms with Gasteiger partial charge in [0.05, 0.1) is 6.20 Å². The Kier molecular flexibility index (Phi) is 2.82. The van der Waals surface area contributed by atoms with Crippen molar-refractivity contribution in [1.29, 1.82) is 0 Å². The molecular weight excluding hydrogens is 224 g/mol. The minimum atomic E-state index is 0.0884. The molecule has 1 heterocycles. The lowest BCUT2D eigenvalue weighted by molar-refractivity contribution is -0.136. The Morgan fingerprint density at radius 3 is 2.81 bits per heavy atom. The molecule has 0 bridgehead atoms. The highest BCUT2D eigenvalue weighted by molar-refractivity contribution is 6.29. The fourth-order valence-corrected chi connectivity index (χ4v) is 2.88. The van der Waals surface area contributed by atoms with Crippen LogP contribution in [0.15, 0.2) is 6.20 Å². The molecule has 16 heavy (non-hydrogen) atoms. The van der Waals surface area contributed by atoms with Crippen LogP contribution in [-0.2, 0) is 11.2 Å². The van der Waals surface area contributed by atoms with Crippen LogP contribution in [-0.4, -0.2) is 15.8 Å². The van der Waals surface area contributed by atoms with E-state index in [-0.39, 0.29) is 11.3 Å². The smallest absolute Gasteiger partial charge is 0.133 e. The number of carbonyl (C=O) groups is 1. The molecule has 4 heteroatoms. The van der Waals surface area contributed by atoms with E-state index in [1.54, 1.807) is 13.1 Å². The van der Waals surface area contributed by atoms with Gasteiger partial charge in [-0.2, -0.15) is 0 Å². The number of Topliss-reactive ketones (excluding diaryl/α,β-unsaturated/α-hetero) is 1. The summed E-state index contributed by atoms with van der Waals surface area (Å²) in [6.45, 7) is 6.02. The lowest BCUT2D eigenvalue weighted by Gasteiger charge is -2.51. The summed E-state index contributed by atoms with van der Waals surface area (Å²) < 4.78 is 0. The minimum absolute atomic E-state index is 0.0884. The Morgan fingerprint density at radius 2 is 2.38 bits per heavy atom. The molecule has 0 saturated heterocycles. The first kappa shape index (κ1) is 11.6. The molecule has 1 saturated carbocycles. The SMILES string of the molecule is CC(=O)[C@H]1C[C@@H](Cc2ncc(Cl)[nH]2)C1(C)C. The molecule has 2 atom stereocenters. The van der Waals surface area contributed by atoms with Crippen LogP contribution in [0, 0.1) is 17.3 Å². The van der Waals surface area contributed by atoms with Gasteiger partial charge in [-0.15, -0.1) is 0 Å². The maximum absolute atomic E-state index is 11.4. The van der Waals surface area contributed by atoms with Crippen molar-refractivity contribution in [2.24, 2.45) is 17.3 Å². The van der Waals surface area contributed by atoms with Gasteiger partial charge in [-0.25, -0.2) is 4.98 Å². The maximum Gasteiger partial charge on any atom is 0.133 e. The molecular formula is C12H17ClN2O. The molecule has 0 spiro atoms. The van der Waals surface area contributed by atoms with Crippen molar-refractivity contribution in [2.75, 3.05) is 0 Å². The monoisotopic (exact) mass is 240 g/mol. The predicted molar refractivity (Wildman–Crippen MR) is 63.4 cm³/mol. The van der Waals surface area contributed by atoms with E-state index in [4.69, 9.17) is 11.6 Å². The van der Waals surface area contributed by atoms with E-state index < -0.39 is 0 Å². The number of ketones is 1. The number of rotatable bonds is 3. The Bertz CT molecular complexity index is 411. The number of nitrogens with one attached hydrogen (secondary N) is 1. The third kappa shape index (κ3) is 1.88. The number of carbonyl (C=O) groups excluding carboxylic acids is 1. The lowest BCUT2D eigenvalue weighted by atomic mass is 9.53. The van der Waals surface area contributed by atoms with Gasteiger partial charge in [0.25, 0.3) is 0 Å². The molecule has 0 aromatic carbocycles. The largest absolute Gasteiger partial charge is 0.333 e. The molecule has 1 fully saturated rings. The summed E-state index contributed by atoms with van der Waals surface area (Å²) in [5, 5.41) is 0.579. The molecule has 3 nitrogen and oxygen atoms in total. The first-order valence-electron chi connectivity index (χ1n) is 5.61. The van der Waals surface area contributed by atoms with Crippen molar-refractivity contribution < 1.29 is 4.79 Å². The topological polar surface area (TPSA) is 45.8 Å². The van der Waals surface area contributed by atoms with E-state index in [9.17, 15) is 4.79 Å². The fourth-order valence-electron chi connectivity index (χ4n) is 2.73. The van der Waals surface area contributed by atoms with E-state index >= 15 is 0 Å². The molecule has 1 aromatic rings. The Hall–Kier alpha value is -0.830. The van der Waals surface area contributed by atoms with Crippen LogP contribution in [0.3, 0.4) is 0 Å². The summed E-state index contributed by atoms with van der Waals surface area (Å²) in [5.74, 6) is 1.95. The average molecular weight is 241 g/mol. The molecule has 1 aromatic heterocycles. The molecule has 1 N–H and O–H groups in total. The van der Waals surface area contributed by atoms with Crippen molar-refractivity contribution >= 4 is 17.4 Å². The van der Waals surface area contributed by atoms with Crippen LogP contribution in [0.25, 0.3) is 0 Å². The van der Waals surface area contributed by atoms with Crippen molar-refractivity contribution in [3.05, 3.63) is 17.2 Å². The van der Waals surface area contributed by atoms with Crippen LogP contribution in [0.4, 0.5) is 0 Å². The predicted octanol–water partition coefficient (Wildman–Crippen LogP) is 2.86. The molecule has 0 unspecified atom stereocenters. The zero-order chi connectivity index (χ0) is 11.9. The van der Waals surface area contributed by atoms with Gasteiger partial charge in [0.1, 0.15) is 16.8 Å². The van der Waals surface area contributed by atoms with E-state index in [2.05, 4.69) is 23.8 Å². The average Bonchev–Trinajstić information content (AvgIpc) is 2.57. The second kappa shape index (κ2) is 3.88. The van der Waals surface area contributed by atoms with E-state index in [0.29, 0.717) is 16.9 Å². The number of aromatic nitrogens is 2. The van der Waals surface area contributed by atoms with Crippen molar-refractivity contribution in [1.82, 2.24) is 9.97 Å². The van der Waals surface area contributed by atoms with Gasteiger partial charge >= 0.3 is 0 Å². The number of hydrogen-bond acceptors (Lipinski definition) is 2. The molecule has 1 aliphatic carbocycles. The standard InChI is InChI=1S/C12H17ClN2O/c1-7(16)9-4-8(12(9,2)3)5-11-14-6-10(13)15-11/h6,8-9H,4-5H2,1-3H3,(H,14,15)/t8-,9+/m0/s1. The van der Waals surface area contributed by atoms with Gasteiger partial charge in [0.2, 0.25) is 0 Å². The summed E-state index contributed by atoms with van der Waals surface area (Å²) >= 11 is 5.78. The van der Waals surface area contributed by atoms with Gasteiger partial charge in [-0.05, 0) is 24.7 Å². The quantitative estimate of drug-likeness (QED) is 0.883. The van der Waals surface area contributed by atoms with E-state index in [1.807, 2.05) is 0 Å². The first-order valence-corrected chi connectivity index (χ1v) is 5.99. The zero-order valence-electron chi connectivity index (χ0n) is 9.88. The molecule has 88 valence electrons. The highest BCUT2D eigenvalue weighted by atomic mass is 35.5. The van der Waals surface area contributed by atoms with Gasteiger partial charge in [0.15, 0.2) is 0 Å². The molecule has 0 radical (unpaired) electrons. The third-order valence-electron chi connectivity index (χ3n) is 4.00. The first-order chi connectivity index (χ1) is 7.41. The van der Waals surface area contributed by atoms with Gasteiger partial charge in [0, 0.05) is 12.3 Å². The van der Waals surface area contributed by atoms with Crippen LogP contribution in [0.2, 0.25) is 5.15 Å². The molecule has 0 aliphatic heterocycles. The van der Waals surface area contributed by atoms with Crippen molar-refractivity contribution in [3.63, 3.8) is 0 Å². The van der Waals surface area contributed by atoms with Crippen LogP contribution in [0.1, 0.15) is 33.0 Å². The van der Waals surface area contributed by atoms with Crippen molar-refractivity contribution in [2.45, 2.75) is 33.6 Å². The number of H-pyrrole nitrogens is 1. The number of aromatic amines is 1. The van der Waals surface area contributed by atoms with E-state index in [0.717, 1.165) is 18.7 Å². The Morgan fingerprint density at radius 1 is 1.69 bits per heavy atom. The Balaban J connectivity index is 2.02. The van der Waals surface area contributed by atoms with Crippen LogP contribution >= 0.6 is 11.6 Å². The maximum atomic E-state index is 11.4. The summed E-state index contributed by atoms with van der Waals surface area (Å²) in [6, 6.07) is 0. The van der Waals surface area contributed by atoms with E-state index in [1.165, 1.54) is 0 Å². The number of imidazole rings is 1. The molecule has 1 aliphatic rings. The third-order valence-corrected chi connectivity index (χ3v) is 4.19. The highest BCUT2D eigenvalue weighted by Crippen LogP contribution is 2.52. The second-order valence-electron chi connectivity index (χ2n) is 5.30. The molecule has 0 amide bonds. The summed E-state index contributed by atoms with van der Waals surface area (Å²) in [7, 11) is 0. The van der Waals surface area contributed by atoms with Crippen LogP contribution in [0.5, 0.6) is 0 Å². The number of hydrogen-bond donors (Lipinski definition) is 1. The van der Waals surface area contributed by atoms with Gasteiger partial charge < -0.3 is 4.98 Å². The summed E-state index contributed by atoms with van der Waals surface area (Å²) in [4.78, 5) is 18.6. The Labute approximate surface area is 101 Å². The summed E-state index contributed by atoms with van der Waals surface area (Å²) in [6.07, 6.45) is 3.48. The van der Waals surface area contributed by atoms with Gasteiger partial charge in [-0.3, -0.25) is 4.79 Å². The van der Waals surface area contributed by atoms with Crippen LogP contribution < -0.4 is 0 Å². The normalized spacial score (nSPS) is 27.5. The lowest BCUT2D eigenvalue weighted by Crippen LogP contribution is -2.49. The highest BCUT2D eigenvalue weighted by Gasteiger charge is 2.50. The fraction of sp³-hybridized carbons (Fsp3) is 0.667. The summed E-state index contributed by atoms with van der Waals surface area (Å²) in [5.41, 5.74) is 0.0884. The number of nitrogens with zero attached hydrogens (tertiary/aromatic N) is 1. The zero-order valence-corrected chi connectivity index (χ0v) is 10.6. The van der Waals surface area contributed by atoms with Gasteiger partial charge in [-0.1, -0.05) is 25.4 Å². The minimum Gasteiger partial charge on any atom is -0.333 e. The molecule has 2 rings (SSSR count). The second-order valence-corrected chi connectivity index (χ2v) is 5.71. The number of halogens is 1.